The summed E-state index contributed by atoms with van der Waals surface area (Å²) in [4.78, 5) is 35.7. The lowest BCUT2D eigenvalue weighted by atomic mass is 10.0. The minimum atomic E-state index is -4.38. The van der Waals surface area contributed by atoms with E-state index >= 15 is 0 Å². The Hall–Kier alpha value is -1.77. The molecule has 0 aromatic carbocycles. The van der Waals surface area contributed by atoms with E-state index in [1.54, 1.807) is 0 Å². The normalized spacial score (nSPS) is 13.5. The second kappa shape index (κ2) is 54.0. The number of hydrogen-bond donors (Lipinski definition) is 1. The second-order valence-corrected chi connectivity index (χ2v) is 23.5. The predicted molar refractivity (Wildman–Crippen MR) is 307 cm³/mol. The number of esters is 2. The van der Waals surface area contributed by atoms with Crippen LogP contribution in [0.15, 0.2) is 36.5 Å². The first-order valence-electron chi connectivity index (χ1n) is 30.7. The molecule has 0 amide bonds. The summed E-state index contributed by atoms with van der Waals surface area (Å²) in [6.45, 7) is 4.46. The van der Waals surface area contributed by atoms with E-state index in [-0.39, 0.29) is 32.0 Å². The van der Waals surface area contributed by atoms with Crippen LogP contribution in [0.4, 0.5) is 0 Å². The predicted octanol–water partition coefficient (Wildman–Crippen LogP) is 19.2. The van der Waals surface area contributed by atoms with Crippen LogP contribution in [-0.4, -0.2) is 74.9 Å². The number of quaternary nitrogens is 1. The van der Waals surface area contributed by atoms with Gasteiger partial charge in [-0.3, -0.25) is 18.6 Å². The van der Waals surface area contributed by atoms with Crippen LogP contribution >= 0.6 is 7.82 Å². The molecule has 0 spiro atoms. The van der Waals surface area contributed by atoms with E-state index < -0.39 is 26.5 Å². The molecule has 0 saturated heterocycles. The molecule has 10 heteroatoms. The zero-order valence-corrected chi connectivity index (χ0v) is 49.1. The van der Waals surface area contributed by atoms with E-state index in [1.807, 2.05) is 21.1 Å². The maximum absolute atomic E-state index is 12.8. The van der Waals surface area contributed by atoms with Crippen LogP contribution in [0.1, 0.15) is 296 Å². The third-order valence-corrected chi connectivity index (χ3v) is 14.6. The highest BCUT2D eigenvalue weighted by atomic mass is 31.2. The number of carbonyl (C=O) groups excluding carboxylic acids is 2. The van der Waals surface area contributed by atoms with Gasteiger partial charge in [-0.15, -0.1) is 0 Å². The molecule has 0 fully saturated rings. The van der Waals surface area contributed by atoms with Crippen molar-refractivity contribution in [2.24, 2.45) is 0 Å². The standard InChI is InChI=1S/C62H118NO8P/c1-6-8-10-12-14-16-18-20-22-24-26-27-28-29-30-31-32-33-34-35-37-39-41-43-45-47-49-51-53-55-62(65)71-60(59-70-72(66,67)69-57-56-63(3,4)5)58-68-61(64)54-52-50-48-46-44-42-40-38-36-25-23-21-19-17-15-13-11-9-7-2/h18,20-21,23-24,26,60H,6-17,19,22,25,27-59H2,1-5H3/p+1/b20-18-,23-21-,26-24-. The molecule has 0 rings (SSSR count). The van der Waals surface area contributed by atoms with E-state index in [2.05, 4.69) is 50.3 Å². The van der Waals surface area contributed by atoms with Gasteiger partial charge in [0.2, 0.25) is 0 Å². The van der Waals surface area contributed by atoms with Crippen molar-refractivity contribution in [3.63, 3.8) is 0 Å². The molecule has 0 aromatic heterocycles. The quantitative estimate of drug-likeness (QED) is 0.0211. The van der Waals surface area contributed by atoms with Crippen molar-refractivity contribution in [2.45, 2.75) is 302 Å². The molecule has 0 heterocycles. The summed E-state index contributed by atoms with van der Waals surface area (Å²) < 4.78 is 34.6. The minimum absolute atomic E-state index is 0.0331. The number of unbranched alkanes of at least 4 members (excludes halogenated alkanes) is 37. The van der Waals surface area contributed by atoms with E-state index in [9.17, 15) is 19.0 Å². The molecular formula is C62H119NO8P+. The van der Waals surface area contributed by atoms with Crippen LogP contribution < -0.4 is 0 Å². The fourth-order valence-electron chi connectivity index (χ4n) is 8.87. The number of rotatable bonds is 57. The Balaban J connectivity index is 4.08. The summed E-state index contributed by atoms with van der Waals surface area (Å²) in [5.74, 6) is -0.786. The summed E-state index contributed by atoms with van der Waals surface area (Å²) in [5, 5.41) is 0. The molecule has 2 atom stereocenters. The SMILES string of the molecule is CCCCCCC/C=C\C/C=C\CCCCCCCCCCCCCCCCCCCC(=O)OC(COC(=O)CCCCCCCCCCC/C=C\CCCCCCCC)COP(=O)(O)OCC[N+](C)(C)C. The smallest absolute Gasteiger partial charge is 0.462 e. The zero-order chi connectivity index (χ0) is 52.7. The molecule has 0 aromatic rings. The Morgan fingerprint density at radius 1 is 0.431 bits per heavy atom. The van der Waals surface area contributed by atoms with Crippen LogP contribution in [-0.2, 0) is 32.7 Å². The van der Waals surface area contributed by atoms with Crippen molar-refractivity contribution in [1.82, 2.24) is 0 Å². The topological polar surface area (TPSA) is 108 Å². The van der Waals surface area contributed by atoms with Crippen molar-refractivity contribution in [3.05, 3.63) is 36.5 Å². The third kappa shape index (κ3) is 57.5. The molecule has 0 saturated carbocycles. The molecule has 72 heavy (non-hydrogen) atoms. The van der Waals surface area contributed by atoms with Gasteiger partial charge < -0.3 is 18.9 Å². The first-order valence-corrected chi connectivity index (χ1v) is 32.2. The number of likely N-dealkylation sites (N-methyl/N-ethyl adjacent to an activating group) is 1. The Morgan fingerprint density at radius 2 is 0.750 bits per heavy atom. The fraction of sp³-hybridized carbons (Fsp3) is 0.871. The highest BCUT2D eigenvalue weighted by Crippen LogP contribution is 2.43. The van der Waals surface area contributed by atoms with Crippen molar-refractivity contribution in [2.75, 3.05) is 47.5 Å². The first-order chi connectivity index (χ1) is 35.0. The van der Waals surface area contributed by atoms with Gasteiger partial charge in [0, 0.05) is 12.8 Å². The minimum Gasteiger partial charge on any atom is -0.462 e. The van der Waals surface area contributed by atoms with Crippen LogP contribution in [0.25, 0.3) is 0 Å². The van der Waals surface area contributed by atoms with Gasteiger partial charge in [0.1, 0.15) is 19.8 Å². The average molecular weight is 1040 g/mol. The molecule has 9 nitrogen and oxygen atoms in total. The summed E-state index contributed by atoms with van der Waals surface area (Å²) in [5.41, 5.74) is 0. The molecule has 0 aliphatic carbocycles. The highest BCUT2D eigenvalue weighted by Gasteiger charge is 2.27. The first kappa shape index (κ1) is 70.2. The maximum atomic E-state index is 12.8. The summed E-state index contributed by atoms with van der Waals surface area (Å²) in [7, 11) is 1.49. The van der Waals surface area contributed by atoms with E-state index in [4.69, 9.17) is 18.5 Å². The van der Waals surface area contributed by atoms with Crippen molar-refractivity contribution >= 4 is 19.8 Å². The van der Waals surface area contributed by atoms with Gasteiger partial charge in [-0.25, -0.2) is 4.57 Å². The van der Waals surface area contributed by atoms with Crippen LogP contribution in [0.2, 0.25) is 0 Å². The second-order valence-electron chi connectivity index (χ2n) is 22.1. The third-order valence-electron chi connectivity index (χ3n) is 13.6. The molecular weight excluding hydrogens is 918 g/mol. The van der Waals surface area contributed by atoms with Gasteiger partial charge in [-0.2, -0.15) is 0 Å². The van der Waals surface area contributed by atoms with Gasteiger partial charge in [0.05, 0.1) is 27.7 Å². The average Bonchev–Trinajstić information content (AvgIpc) is 3.34. The molecule has 0 radical (unpaired) electrons. The van der Waals surface area contributed by atoms with Crippen LogP contribution in [0.3, 0.4) is 0 Å². The summed E-state index contributed by atoms with van der Waals surface area (Å²) in [6.07, 6.45) is 66.5. The molecule has 0 aliphatic heterocycles. The maximum Gasteiger partial charge on any atom is 0.472 e. The number of hydrogen-bond acceptors (Lipinski definition) is 7. The van der Waals surface area contributed by atoms with Crippen molar-refractivity contribution in [3.8, 4) is 0 Å². The van der Waals surface area contributed by atoms with Gasteiger partial charge in [-0.05, 0) is 70.6 Å². The largest absolute Gasteiger partial charge is 0.472 e. The number of carbonyl (C=O) groups is 2. The van der Waals surface area contributed by atoms with Gasteiger partial charge in [0.15, 0.2) is 6.10 Å². The van der Waals surface area contributed by atoms with Crippen LogP contribution in [0.5, 0.6) is 0 Å². The molecule has 424 valence electrons. The number of allylic oxidation sites excluding steroid dienone is 6. The van der Waals surface area contributed by atoms with E-state index in [1.165, 1.54) is 225 Å². The Labute approximate surface area is 446 Å². The van der Waals surface area contributed by atoms with Crippen molar-refractivity contribution in [1.29, 1.82) is 0 Å². The Kier molecular flexibility index (Phi) is 52.7. The van der Waals surface area contributed by atoms with E-state index in [0.717, 1.165) is 38.5 Å². The summed E-state index contributed by atoms with van der Waals surface area (Å²) >= 11 is 0. The van der Waals surface area contributed by atoms with Crippen molar-refractivity contribution < 1.29 is 42.1 Å². The Bertz CT molecular complexity index is 1310. The molecule has 1 N–H and O–H groups in total. The van der Waals surface area contributed by atoms with Gasteiger partial charge >= 0.3 is 19.8 Å². The van der Waals surface area contributed by atoms with Gasteiger partial charge in [-0.1, -0.05) is 249 Å². The monoisotopic (exact) mass is 1040 g/mol. The lowest BCUT2D eigenvalue weighted by molar-refractivity contribution is -0.870. The number of nitrogens with zero attached hydrogens (tertiary/aromatic N) is 1. The van der Waals surface area contributed by atoms with Gasteiger partial charge in [0.25, 0.3) is 0 Å². The molecule has 2 unspecified atom stereocenters. The highest BCUT2D eigenvalue weighted by molar-refractivity contribution is 7.47. The number of phosphoric acid groups is 1. The zero-order valence-electron chi connectivity index (χ0n) is 48.2. The fourth-order valence-corrected chi connectivity index (χ4v) is 9.61. The lowest BCUT2D eigenvalue weighted by Gasteiger charge is -2.24. The van der Waals surface area contributed by atoms with E-state index in [0.29, 0.717) is 17.4 Å². The van der Waals surface area contributed by atoms with Crippen LogP contribution in [0, 0.1) is 0 Å². The Morgan fingerprint density at radius 3 is 1.11 bits per heavy atom. The number of phosphoric ester groups is 1. The number of ether oxygens (including phenoxy) is 2. The lowest BCUT2D eigenvalue weighted by Crippen LogP contribution is -2.37. The summed E-state index contributed by atoms with van der Waals surface area (Å²) in [6, 6.07) is 0. The molecule has 0 bridgehead atoms. The molecule has 0 aliphatic rings.